The molecule has 0 aliphatic rings. The van der Waals surface area contributed by atoms with Crippen molar-refractivity contribution in [1.82, 2.24) is 9.97 Å². The minimum Gasteiger partial charge on any atom is -0.455 e. The van der Waals surface area contributed by atoms with Crippen LogP contribution in [0.4, 0.5) is 0 Å². The third-order valence-electron chi connectivity index (χ3n) is 2.76. The van der Waals surface area contributed by atoms with Gasteiger partial charge >= 0.3 is 0 Å². The van der Waals surface area contributed by atoms with Gasteiger partial charge < -0.3 is 15.5 Å². The number of ether oxygens (including phenoxy) is 1. The van der Waals surface area contributed by atoms with Crippen LogP contribution in [-0.4, -0.2) is 15.9 Å². The van der Waals surface area contributed by atoms with Crippen molar-refractivity contribution in [3.63, 3.8) is 0 Å². The molecule has 0 saturated carbocycles. The molecule has 2 aromatic heterocycles. The van der Waals surface area contributed by atoms with E-state index in [0.29, 0.717) is 17.1 Å². The molecular formula is C14H11N3O2. The Kier molecular flexibility index (Phi) is 2.64. The molecule has 94 valence electrons. The fourth-order valence-electron chi connectivity index (χ4n) is 1.86. The minimum atomic E-state index is -0.522. The molecular weight excluding hydrogens is 242 g/mol. The summed E-state index contributed by atoms with van der Waals surface area (Å²) in [5, 5.41) is 0.939. The molecule has 0 aliphatic heterocycles. The Balaban J connectivity index is 1.98. The van der Waals surface area contributed by atoms with Crippen molar-refractivity contribution in [2.45, 2.75) is 0 Å². The molecule has 0 bridgehead atoms. The molecule has 0 unspecified atom stereocenters. The van der Waals surface area contributed by atoms with Gasteiger partial charge in [0.05, 0.1) is 11.8 Å². The molecule has 5 heteroatoms. The lowest BCUT2D eigenvalue weighted by atomic mass is 10.2. The number of carbonyl (C=O) groups excluding carboxylic acids is 1. The molecule has 3 aromatic rings. The van der Waals surface area contributed by atoms with Crippen molar-refractivity contribution in [2.75, 3.05) is 0 Å². The largest absolute Gasteiger partial charge is 0.455 e. The number of aromatic nitrogens is 2. The number of fused-ring (bicyclic) bond motifs is 1. The number of aromatic amines is 1. The lowest BCUT2D eigenvalue weighted by molar-refractivity contribution is 0.0998. The number of nitrogens with two attached hydrogens (primary N) is 1. The minimum absolute atomic E-state index is 0.344. The van der Waals surface area contributed by atoms with Crippen LogP contribution in [-0.2, 0) is 0 Å². The van der Waals surface area contributed by atoms with Crippen molar-refractivity contribution in [3.05, 3.63) is 54.4 Å². The first-order chi connectivity index (χ1) is 9.24. The van der Waals surface area contributed by atoms with Crippen LogP contribution in [0.3, 0.4) is 0 Å². The number of nitrogens with one attached hydrogen (secondary N) is 1. The molecule has 3 rings (SSSR count). The Morgan fingerprint density at radius 2 is 2.11 bits per heavy atom. The summed E-state index contributed by atoms with van der Waals surface area (Å²) < 4.78 is 5.67. The van der Waals surface area contributed by atoms with E-state index in [0.717, 1.165) is 11.0 Å². The summed E-state index contributed by atoms with van der Waals surface area (Å²) in [5.41, 5.74) is 6.43. The van der Waals surface area contributed by atoms with Gasteiger partial charge in [-0.05, 0) is 24.3 Å². The lowest BCUT2D eigenvalue weighted by Gasteiger charge is -2.08. The number of hydrogen-bond donors (Lipinski definition) is 2. The van der Waals surface area contributed by atoms with Crippen molar-refractivity contribution >= 4 is 16.9 Å². The van der Waals surface area contributed by atoms with Gasteiger partial charge in [0.2, 0.25) is 0 Å². The third-order valence-corrected chi connectivity index (χ3v) is 2.76. The number of H-pyrrole nitrogens is 1. The van der Waals surface area contributed by atoms with Gasteiger partial charge in [-0.1, -0.05) is 12.1 Å². The fourth-order valence-corrected chi connectivity index (χ4v) is 1.86. The van der Waals surface area contributed by atoms with Crippen LogP contribution < -0.4 is 10.5 Å². The Bertz CT molecular complexity index is 749. The fraction of sp³-hybridized carbons (Fsp3) is 0. The first kappa shape index (κ1) is 11.3. The van der Waals surface area contributed by atoms with E-state index in [4.69, 9.17) is 10.5 Å². The van der Waals surface area contributed by atoms with E-state index in [1.807, 2.05) is 12.1 Å². The summed E-state index contributed by atoms with van der Waals surface area (Å²) in [6.07, 6.45) is 3.40. The Hall–Kier alpha value is -2.82. The van der Waals surface area contributed by atoms with E-state index < -0.39 is 5.91 Å². The maximum Gasteiger partial charge on any atom is 0.252 e. The van der Waals surface area contributed by atoms with E-state index >= 15 is 0 Å². The van der Waals surface area contributed by atoms with Crippen LogP contribution in [0, 0.1) is 0 Å². The number of benzene rings is 1. The number of para-hydroxylation sites is 1. The van der Waals surface area contributed by atoms with Crippen LogP contribution in [0.2, 0.25) is 0 Å². The molecule has 0 spiro atoms. The molecule has 2 heterocycles. The zero-order valence-electron chi connectivity index (χ0n) is 9.96. The van der Waals surface area contributed by atoms with E-state index in [-0.39, 0.29) is 0 Å². The van der Waals surface area contributed by atoms with Crippen LogP contribution >= 0.6 is 0 Å². The Morgan fingerprint density at radius 3 is 2.95 bits per heavy atom. The first-order valence-electron chi connectivity index (χ1n) is 5.74. The van der Waals surface area contributed by atoms with Gasteiger partial charge in [0.15, 0.2) is 0 Å². The van der Waals surface area contributed by atoms with Gasteiger partial charge in [-0.15, -0.1) is 0 Å². The summed E-state index contributed by atoms with van der Waals surface area (Å²) in [5.74, 6) is 0.457. The maximum atomic E-state index is 11.3. The number of nitrogens with zero attached hydrogens (tertiary/aromatic N) is 1. The molecule has 19 heavy (non-hydrogen) atoms. The molecule has 0 atom stereocenters. The number of primary amides is 1. The van der Waals surface area contributed by atoms with Crippen molar-refractivity contribution in [3.8, 4) is 11.5 Å². The highest BCUT2D eigenvalue weighted by atomic mass is 16.5. The zero-order chi connectivity index (χ0) is 13.2. The number of carbonyl (C=O) groups is 1. The highest BCUT2D eigenvalue weighted by Gasteiger charge is 2.09. The molecule has 0 fully saturated rings. The molecule has 5 nitrogen and oxygen atoms in total. The van der Waals surface area contributed by atoms with E-state index in [1.54, 1.807) is 36.7 Å². The molecule has 1 amide bonds. The van der Waals surface area contributed by atoms with Gasteiger partial charge in [-0.3, -0.25) is 4.79 Å². The van der Waals surface area contributed by atoms with Crippen molar-refractivity contribution in [1.29, 1.82) is 0 Å². The van der Waals surface area contributed by atoms with Gasteiger partial charge in [0.25, 0.3) is 5.91 Å². The van der Waals surface area contributed by atoms with Crippen LogP contribution in [0.25, 0.3) is 11.0 Å². The van der Waals surface area contributed by atoms with Gasteiger partial charge in [-0.2, -0.15) is 0 Å². The second-order valence-corrected chi connectivity index (χ2v) is 4.05. The molecule has 0 aliphatic carbocycles. The number of amides is 1. The van der Waals surface area contributed by atoms with Crippen molar-refractivity contribution < 1.29 is 9.53 Å². The summed E-state index contributed by atoms with van der Waals surface area (Å²) in [6, 6.07) is 10.6. The van der Waals surface area contributed by atoms with Crippen molar-refractivity contribution in [2.24, 2.45) is 5.73 Å². The van der Waals surface area contributed by atoms with E-state index in [2.05, 4.69) is 9.97 Å². The second kappa shape index (κ2) is 4.45. The number of rotatable bonds is 3. The summed E-state index contributed by atoms with van der Waals surface area (Å²) in [7, 11) is 0. The number of hydrogen-bond acceptors (Lipinski definition) is 3. The maximum absolute atomic E-state index is 11.3. The quantitative estimate of drug-likeness (QED) is 0.752. The topological polar surface area (TPSA) is 81.0 Å². The monoisotopic (exact) mass is 253 g/mol. The van der Waals surface area contributed by atoms with E-state index in [9.17, 15) is 4.79 Å². The predicted molar refractivity (Wildman–Crippen MR) is 71.1 cm³/mol. The predicted octanol–water partition coefficient (Wildman–Crippen LogP) is 2.45. The molecule has 0 saturated heterocycles. The summed E-state index contributed by atoms with van der Waals surface area (Å²) in [6.45, 7) is 0. The summed E-state index contributed by atoms with van der Waals surface area (Å²) in [4.78, 5) is 18.5. The van der Waals surface area contributed by atoms with Gasteiger partial charge in [0, 0.05) is 11.6 Å². The van der Waals surface area contributed by atoms with Gasteiger partial charge in [0.1, 0.15) is 17.1 Å². The lowest BCUT2D eigenvalue weighted by Crippen LogP contribution is -2.11. The van der Waals surface area contributed by atoms with Crippen LogP contribution in [0.5, 0.6) is 11.5 Å². The normalized spacial score (nSPS) is 10.5. The molecule has 1 aromatic carbocycles. The molecule has 3 N–H and O–H groups in total. The SMILES string of the molecule is NC(=O)c1ccccc1Oc1cnc2[nH]ccc2c1. The molecule has 0 radical (unpaired) electrons. The first-order valence-corrected chi connectivity index (χ1v) is 5.74. The summed E-state index contributed by atoms with van der Waals surface area (Å²) >= 11 is 0. The van der Waals surface area contributed by atoms with Gasteiger partial charge in [-0.25, -0.2) is 4.98 Å². The average Bonchev–Trinajstić information content (AvgIpc) is 2.86. The second-order valence-electron chi connectivity index (χ2n) is 4.05. The van der Waals surface area contributed by atoms with Crippen LogP contribution in [0.1, 0.15) is 10.4 Å². The standard InChI is InChI=1S/C14H11N3O2/c15-13(18)11-3-1-2-4-12(11)19-10-7-9-5-6-16-14(9)17-8-10/h1-8H,(H2,15,18)(H,16,17). The highest BCUT2D eigenvalue weighted by molar-refractivity contribution is 5.95. The average molecular weight is 253 g/mol. The van der Waals surface area contributed by atoms with E-state index in [1.165, 1.54) is 0 Å². The third kappa shape index (κ3) is 2.13. The zero-order valence-corrected chi connectivity index (χ0v) is 9.96. The Labute approximate surface area is 109 Å². The van der Waals surface area contributed by atoms with Crippen LogP contribution in [0.15, 0.2) is 48.8 Å². The Morgan fingerprint density at radius 1 is 1.26 bits per heavy atom. The smallest absolute Gasteiger partial charge is 0.252 e. The number of pyridine rings is 1. The highest BCUT2D eigenvalue weighted by Crippen LogP contribution is 2.26.